The second-order valence-electron chi connectivity index (χ2n) is 6.30. The van der Waals surface area contributed by atoms with Crippen molar-refractivity contribution in [2.24, 2.45) is 0 Å². The molecule has 4 nitrogen and oxygen atoms in total. The van der Waals surface area contributed by atoms with Crippen LogP contribution in [0.1, 0.15) is 24.1 Å². The van der Waals surface area contributed by atoms with Gasteiger partial charge in [-0.3, -0.25) is 5.10 Å². The highest BCUT2D eigenvalue weighted by molar-refractivity contribution is 5.91. The highest BCUT2D eigenvalue weighted by Gasteiger charge is 2.17. The Hall–Kier alpha value is -2.59. The summed E-state index contributed by atoms with van der Waals surface area (Å²) in [6.07, 6.45) is 5.66. The quantitative estimate of drug-likeness (QED) is 0.774. The second-order valence-corrected chi connectivity index (χ2v) is 6.30. The van der Waals surface area contributed by atoms with Gasteiger partial charge in [-0.1, -0.05) is 36.4 Å². The molecule has 1 aliphatic heterocycles. The summed E-state index contributed by atoms with van der Waals surface area (Å²) in [5.74, 6) is 0. The zero-order valence-corrected chi connectivity index (χ0v) is 13.5. The molecule has 122 valence electrons. The zero-order chi connectivity index (χ0) is 16.4. The van der Waals surface area contributed by atoms with Crippen molar-refractivity contribution in [3.8, 4) is 0 Å². The summed E-state index contributed by atoms with van der Waals surface area (Å²) >= 11 is 0. The third-order valence-electron chi connectivity index (χ3n) is 4.64. The predicted octanol–water partition coefficient (Wildman–Crippen LogP) is 3.69. The Bertz CT molecular complexity index is 846. The first kappa shape index (κ1) is 15.0. The van der Waals surface area contributed by atoms with Gasteiger partial charge in [0.15, 0.2) is 0 Å². The number of piperidine rings is 1. The van der Waals surface area contributed by atoms with Crippen LogP contribution in [0.25, 0.3) is 23.1 Å². The number of aliphatic hydroxyl groups is 1. The lowest BCUT2D eigenvalue weighted by molar-refractivity contribution is 0.145. The van der Waals surface area contributed by atoms with Crippen molar-refractivity contribution in [1.29, 1.82) is 0 Å². The number of hydrogen-bond acceptors (Lipinski definition) is 3. The second kappa shape index (κ2) is 6.49. The SMILES string of the molecule is OC1CCN(c2ccc3[nH]nc(C=Cc4ccccc4)c3c2)CC1. The van der Waals surface area contributed by atoms with Crippen LogP contribution in [0.4, 0.5) is 5.69 Å². The fourth-order valence-electron chi connectivity index (χ4n) is 3.21. The number of aromatic nitrogens is 2. The van der Waals surface area contributed by atoms with Crippen LogP contribution in [0.2, 0.25) is 0 Å². The zero-order valence-electron chi connectivity index (χ0n) is 13.5. The van der Waals surface area contributed by atoms with E-state index in [1.165, 1.54) is 5.69 Å². The van der Waals surface area contributed by atoms with Crippen molar-refractivity contribution >= 4 is 28.7 Å². The summed E-state index contributed by atoms with van der Waals surface area (Å²) < 4.78 is 0. The molecule has 0 radical (unpaired) electrons. The van der Waals surface area contributed by atoms with Gasteiger partial charge in [-0.15, -0.1) is 0 Å². The van der Waals surface area contributed by atoms with Crippen LogP contribution in [-0.4, -0.2) is 34.5 Å². The van der Waals surface area contributed by atoms with E-state index < -0.39 is 0 Å². The van der Waals surface area contributed by atoms with Crippen molar-refractivity contribution in [2.45, 2.75) is 18.9 Å². The largest absolute Gasteiger partial charge is 0.393 e. The monoisotopic (exact) mass is 319 g/mol. The molecular weight excluding hydrogens is 298 g/mol. The number of aromatic amines is 1. The van der Waals surface area contributed by atoms with Crippen molar-refractivity contribution in [1.82, 2.24) is 10.2 Å². The summed E-state index contributed by atoms with van der Waals surface area (Å²) in [5, 5.41) is 18.4. The number of rotatable bonds is 3. The Labute approximate surface area is 141 Å². The molecule has 0 aliphatic carbocycles. The van der Waals surface area contributed by atoms with Crippen molar-refractivity contribution < 1.29 is 5.11 Å². The predicted molar refractivity (Wildman–Crippen MR) is 98.9 cm³/mol. The Balaban J connectivity index is 1.63. The summed E-state index contributed by atoms with van der Waals surface area (Å²) in [7, 11) is 0. The number of nitrogens with one attached hydrogen (secondary N) is 1. The van der Waals surface area contributed by atoms with Crippen molar-refractivity contribution in [3.63, 3.8) is 0 Å². The number of hydrogen-bond donors (Lipinski definition) is 2. The molecule has 0 amide bonds. The number of aliphatic hydroxyl groups excluding tert-OH is 1. The Kier molecular flexibility index (Phi) is 4.05. The van der Waals surface area contributed by atoms with Gasteiger partial charge in [0.2, 0.25) is 0 Å². The van der Waals surface area contributed by atoms with Crippen LogP contribution in [-0.2, 0) is 0 Å². The molecule has 1 aromatic heterocycles. The molecule has 2 N–H and O–H groups in total. The first-order chi connectivity index (χ1) is 11.8. The van der Waals surface area contributed by atoms with Gasteiger partial charge in [-0.25, -0.2) is 0 Å². The molecule has 0 unspecified atom stereocenters. The molecule has 0 bridgehead atoms. The molecule has 4 heteroatoms. The molecule has 1 saturated heterocycles. The molecule has 2 aromatic carbocycles. The smallest absolute Gasteiger partial charge is 0.0928 e. The van der Waals surface area contributed by atoms with E-state index in [1.54, 1.807) is 0 Å². The minimum Gasteiger partial charge on any atom is -0.393 e. The maximum Gasteiger partial charge on any atom is 0.0928 e. The maximum absolute atomic E-state index is 9.68. The van der Waals surface area contributed by atoms with E-state index in [0.717, 1.165) is 48.1 Å². The van der Waals surface area contributed by atoms with Crippen molar-refractivity contribution in [3.05, 3.63) is 59.8 Å². The number of nitrogens with zero attached hydrogens (tertiary/aromatic N) is 2. The Morgan fingerprint density at radius 3 is 2.62 bits per heavy atom. The number of H-pyrrole nitrogens is 1. The summed E-state index contributed by atoms with van der Waals surface area (Å²) in [5.41, 5.74) is 4.36. The van der Waals surface area contributed by atoms with Gasteiger partial charge < -0.3 is 10.0 Å². The minimum atomic E-state index is -0.150. The van der Waals surface area contributed by atoms with E-state index in [4.69, 9.17) is 0 Å². The van der Waals surface area contributed by atoms with Crippen LogP contribution >= 0.6 is 0 Å². The summed E-state index contributed by atoms with van der Waals surface area (Å²) in [6, 6.07) is 16.7. The van der Waals surface area contributed by atoms with E-state index in [9.17, 15) is 5.11 Å². The van der Waals surface area contributed by atoms with Gasteiger partial charge in [0.05, 0.1) is 17.3 Å². The first-order valence-electron chi connectivity index (χ1n) is 8.44. The average molecular weight is 319 g/mol. The maximum atomic E-state index is 9.68. The van der Waals surface area contributed by atoms with Gasteiger partial charge >= 0.3 is 0 Å². The molecule has 2 heterocycles. The lowest BCUT2D eigenvalue weighted by Gasteiger charge is -2.31. The summed E-state index contributed by atoms with van der Waals surface area (Å²) in [4.78, 5) is 2.34. The van der Waals surface area contributed by atoms with E-state index in [-0.39, 0.29) is 6.10 Å². The van der Waals surface area contributed by atoms with Crippen LogP contribution in [0.15, 0.2) is 48.5 Å². The van der Waals surface area contributed by atoms with Crippen LogP contribution < -0.4 is 4.90 Å². The molecular formula is C20H21N3O. The lowest BCUT2D eigenvalue weighted by atomic mass is 10.1. The molecule has 0 spiro atoms. The third kappa shape index (κ3) is 3.05. The third-order valence-corrected chi connectivity index (χ3v) is 4.64. The van der Waals surface area contributed by atoms with Gasteiger partial charge in [-0.2, -0.15) is 5.10 Å². The van der Waals surface area contributed by atoms with Gasteiger partial charge in [0.1, 0.15) is 0 Å². The first-order valence-corrected chi connectivity index (χ1v) is 8.44. The van der Waals surface area contributed by atoms with E-state index in [0.29, 0.717) is 0 Å². The van der Waals surface area contributed by atoms with Crippen LogP contribution in [0, 0.1) is 0 Å². The fourth-order valence-corrected chi connectivity index (χ4v) is 3.21. The number of anilines is 1. The molecule has 0 atom stereocenters. The Morgan fingerprint density at radius 2 is 1.83 bits per heavy atom. The van der Waals surface area contributed by atoms with Gasteiger partial charge in [0, 0.05) is 24.2 Å². The molecule has 1 fully saturated rings. The number of fused-ring (bicyclic) bond motifs is 1. The highest BCUT2D eigenvalue weighted by Crippen LogP contribution is 2.26. The average Bonchev–Trinajstić information content (AvgIpc) is 3.04. The van der Waals surface area contributed by atoms with Crippen LogP contribution in [0.5, 0.6) is 0 Å². The van der Waals surface area contributed by atoms with E-state index in [2.05, 4.69) is 57.6 Å². The summed E-state index contributed by atoms with van der Waals surface area (Å²) in [6.45, 7) is 1.80. The standard InChI is InChI=1S/C20H21N3O/c24-17-10-12-23(13-11-17)16-7-9-20-18(14-16)19(21-22-20)8-6-15-4-2-1-3-5-15/h1-9,14,17,24H,10-13H2,(H,21,22). The number of benzene rings is 2. The molecule has 3 aromatic rings. The van der Waals surface area contributed by atoms with Crippen molar-refractivity contribution in [2.75, 3.05) is 18.0 Å². The normalized spacial score (nSPS) is 16.3. The Morgan fingerprint density at radius 1 is 1.04 bits per heavy atom. The van der Waals surface area contributed by atoms with Gasteiger partial charge in [-0.05, 0) is 42.7 Å². The highest BCUT2D eigenvalue weighted by atomic mass is 16.3. The molecule has 1 aliphatic rings. The fraction of sp³-hybridized carbons (Fsp3) is 0.250. The minimum absolute atomic E-state index is 0.150. The molecule has 24 heavy (non-hydrogen) atoms. The van der Waals surface area contributed by atoms with E-state index in [1.807, 2.05) is 18.2 Å². The molecule has 0 saturated carbocycles. The van der Waals surface area contributed by atoms with Crippen LogP contribution in [0.3, 0.4) is 0 Å². The van der Waals surface area contributed by atoms with E-state index >= 15 is 0 Å². The molecule has 4 rings (SSSR count). The topological polar surface area (TPSA) is 52.1 Å². The lowest BCUT2D eigenvalue weighted by Crippen LogP contribution is -2.35. The van der Waals surface area contributed by atoms with Gasteiger partial charge in [0.25, 0.3) is 0 Å².